The first-order valence-electron chi connectivity index (χ1n) is 5.83. The number of hydrogen-bond donors (Lipinski definition) is 2. The van der Waals surface area contributed by atoms with E-state index in [1.54, 1.807) is 12.1 Å². The van der Waals surface area contributed by atoms with Gasteiger partial charge in [0.25, 0.3) is 0 Å². The van der Waals surface area contributed by atoms with Gasteiger partial charge in [-0.2, -0.15) is 0 Å². The van der Waals surface area contributed by atoms with Gasteiger partial charge in [0, 0.05) is 10.7 Å². The molecule has 1 heterocycles. The van der Waals surface area contributed by atoms with Crippen molar-refractivity contribution in [3.8, 4) is 0 Å². The fourth-order valence-electron chi connectivity index (χ4n) is 2.11. The third-order valence-electron chi connectivity index (χ3n) is 3.00. The molecule has 0 spiro atoms. The summed E-state index contributed by atoms with van der Waals surface area (Å²) in [5, 5.41) is 7.10. The molecule has 2 N–H and O–H groups in total. The van der Waals surface area contributed by atoms with Crippen LogP contribution in [0.3, 0.4) is 0 Å². The minimum atomic E-state index is -2.95. The monoisotopic (exact) mass is 318 g/mol. The van der Waals surface area contributed by atoms with Crippen molar-refractivity contribution in [3.05, 3.63) is 29.3 Å². The molecule has 0 radical (unpaired) electrons. The molecule has 0 aliphatic carbocycles. The second-order valence-corrected chi connectivity index (χ2v) is 8.02. The van der Waals surface area contributed by atoms with E-state index >= 15 is 0 Å². The molecule has 1 atom stereocenters. The van der Waals surface area contributed by atoms with Gasteiger partial charge < -0.3 is 10.6 Å². The van der Waals surface area contributed by atoms with Crippen LogP contribution < -0.4 is 10.6 Å². The van der Waals surface area contributed by atoms with Crippen LogP contribution in [0.4, 0.5) is 5.69 Å². The standard InChI is InChI=1S/C12H15ClN2O2S2/c1-12(5-6-19(16,17)8-12)15-11(18)14-10-4-2-3-9(13)7-10/h2-4,7H,5-6,8H2,1H3,(H2,14,15,18). The SMILES string of the molecule is CC1(NC(=S)Nc2cccc(Cl)c2)CCS(=O)(=O)C1. The van der Waals surface area contributed by atoms with Gasteiger partial charge in [-0.1, -0.05) is 17.7 Å². The van der Waals surface area contributed by atoms with Gasteiger partial charge in [0.15, 0.2) is 14.9 Å². The molecule has 4 nitrogen and oxygen atoms in total. The van der Waals surface area contributed by atoms with E-state index in [1.807, 2.05) is 19.1 Å². The minimum absolute atomic E-state index is 0.108. The zero-order valence-electron chi connectivity index (χ0n) is 10.4. The van der Waals surface area contributed by atoms with Crippen molar-refractivity contribution in [1.29, 1.82) is 0 Å². The Morgan fingerprint density at radius 3 is 2.79 bits per heavy atom. The number of nitrogens with one attached hydrogen (secondary N) is 2. The molecule has 0 saturated carbocycles. The summed E-state index contributed by atoms with van der Waals surface area (Å²) >= 11 is 11.1. The van der Waals surface area contributed by atoms with Crippen molar-refractivity contribution in [2.24, 2.45) is 0 Å². The summed E-state index contributed by atoms with van der Waals surface area (Å²) < 4.78 is 23.0. The molecule has 1 aromatic rings. The normalized spacial score (nSPS) is 24.9. The summed E-state index contributed by atoms with van der Waals surface area (Å²) in [6.07, 6.45) is 0.562. The van der Waals surface area contributed by atoms with E-state index in [0.717, 1.165) is 5.69 Å². The molecule has 19 heavy (non-hydrogen) atoms. The van der Waals surface area contributed by atoms with Crippen LogP contribution in [0.1, 0.15) is 13.3 Å². The van der Waals surface area contributed by atoms with Gasteiger partial charge in [-0.15, -0.1) is 0 Å². The summed E-state index contributed by atoms with van der Waals surface area (Å²) in [6, 6.07) is 7.18. The number of rotatable bonds is 2. The van der Waals surface area contributed by atoms with Crippen LogP contribution in [0.15, 0.2) is 24.3 Å². The van der Waals surface area contributed by atoms with E-state index in [1.165, 1.54) is 0 Å². The van der Waals surface area contributed by atoms with Gasteiger partial charge in [-0.05, 0) is 43.8 Å². The van der Waals surface area contributed by atoms with E-state index in [0.29, 0.717) is 16.6 Å². The van der Waals surface area contributed by atoms with Gasteiger partial charge in [-0.3, -0.25) is 0 Å². The number of thiocarbonyl (C=S) groups is 1. The number of hydrogen-bond acceptors (Lipinski definition) is 3. The maximum atomic E-state index is 11.5. The lowest BCUT2D eigenvalue weighted by Crippen LogP contribution is -2.48. The molecule has 1 aromatic carbocycles. The average Bonchev–Trinajstić information content (AvgIpc) is 2.52. The lowest BCUT2D eigenvalue weighted by molar-refractivity contribution is 0.474. The van der Waals surface area contributed by atoms with E-state index < -0.39 is 15.4 Å². The predicted molar refractivity (Wildman–Crippen MR) is 82.5 cm³/mol. The van der Waals surface area contributed by atoms with Crippen LogP contribution in [0, 0.1) is 0 Å². The van der Waals surface area contributed by atoms with Gasteiger partial charge >= 0.3 is 0 Å². The fourth-order valence-corrected chi connectivity index (χ4v) is 4.76. The molecule has 104 valence electrons. The Bertz CT molecular complexity index is 604. The van der Waals surface area contributed by atoms with Crippen LogP contribution in [0.5, 0.6) is 0 Å². The summed E-state index contributed by atoms with van der Waals surface area (Å²) in [6.45, 7) is 1.86. The van der Waals surface area contributed by atoms with Gasteiger partial charge in [0.05, 0.1) is 17.0 Å². The first kappa shape index (κ1) is 14.6. The largest absolute Gasteiger partial charge is 0.356 e. The Balaban J connectivity index is 1.99. The highest BCUT2D eigenvalue weighted by Gasteiger charge is 2.38. The van der Waals surface area contributed by atoms with E-state index in [9.17, 15) is 8.42 Å². The summed E-state index contributed by atoms with van der Waals surface area (Å²) in [5.41, 5.74) is 0.274. The molecule has 1 saturated heterocycles. The Morgan fingerprint density at radius 2 is 2.21 bits per heavy atom. The quantitative estimate of drug-likeness (QED) is 0.819. The highest BCUT2D eigenvalue weighted by molar-refractivity contribution is 7.91. The number of benzene rings is 1. The van der Waals surface area contributed by atoms with Crippen molar-refractivity contribution in [1.82, 2.24) is 5.32 Å². The third kappa shape index (κ3) is 4.06. The number of anilines is 1. The van der Waals surface area contributed by atoms with Crippen LogP contribution >= 0.6 is 23.8 Å². The zero-order valence-corrected chi connectivity index (χ0v) is 12.8. The first-order chi connectivity index (χ1) is 8.78. The Kier molecular flexibility index (Phi) is 4.03. The van der Waals surface area contributed by atoms with Gasteiger partial charge in [-0.25, -0.2) is 8.42 Å². The summed E-state index contributed by atoms with van der Waals surface area (Å²) in [4.78, 5) is 0. The molecular weight excluding hydrogens is 304 g/mol. The zero-order chi connectivity index (χ0) is 14.1. The molecule has 1 aliphatic heterocycles. The summed E-state index contributed by atoms with van der Waals surface area (Å²) in [5.74, 6) is 0.313. The Hall–Kier alpha value is -0.850. The average molecular weight is 319 g/mol. The third-order valence-corrected chi connectivity index (χ3v) is 5.34. The first-order valence-corrected chi connectivity index (χ1v) is 8.44. The highest BCUT2D eigenvalue weighted by Crippen LogP contribution is 2.23. The summed E-state index contributed by atoms with van der Waals surface area (Å²) in [7, 11) is -2.95. The van der Waals surface area contributed by atoms with Crippen molar-refractivity contribution in [2.45, 2.75) is 18.9 Å². The van der Waals surface area contributed by atoms with Crippen molar-refractivity contribution in [3.63, 3.8) is 0 Å². The van der Waals surface area contributed by atoms with Crippen molar-refractivity contribution < 1.29 is 8.42 Å². The van der Waals surface area contributed by atoms with E-state index in [-0.39, 0.29) is 11.5 Å². The molecule has 7 heteroatoms. The van der Waals surface area contributed by atoms with Gasteiger partial charge in [0.2, 0.25) is 0 Å². The molecule has 1 aliphatic rings. The number of halogens is 1. The lowest BCUT2D eigenvalue weighted by Gasteiger charge is -2.26. The van der Waals surface area contributed by atoms with Crippen LogP contribution in [0.2, 0.25) is 5.02 Å². The molecule has 2 rings (SSSR count). The van der Waals surface area contributed by atoms with Crippen LogP contribution in [-0.4, -0.2) is 30.6 Å². The molecular formula is C12H15ClN2O2S2. The Labute approximate surface area is 123 Å². The smallest absolute Gasteiger partial charge is 0.171 e. The Morgan fingerprint density at radius 1 is 1.47 bits per heavy atom. The van der Waals surface area contributed by atoms with Crippen LogP contribution in [0.25, 0.3) is 0 Å². The van der Waals surface area contributed by atoms with Gasteiger partial charge in [0.1, 0.15) is 0 Å². The van der Waals surface area contributed by atoms with Crippen LogP contribution in [-0.2, 0) is 9.84 Å². The maximum absolute atomic E-state index is 11.5. The fraction of sp³-hybridized carbons (Fsp3) is 0.417. The lowest BCUT2D eigenvalue weighted by atomic mass is 10.0. The molecule has 1 fully saturated rings. The maximum Gasteiger partial charge on any atom is 0.171 e. The molecule has 0 aromatic heterocycles. The van der Waals surface area contributed by atoms with Crippen molar-refractivity contribution in [2.75, 3.05) is 16.8 Å². The highest BCUT2D eigenvalue weighted by atomic mass is 35.5. The second kappa shape index (κ2) is 5.26. The molecule has 0 bridgehead atoms. The molecule has 0 amide bonds. The predicted octanol–water partition coefficient (Wildman–Crippen LogP) is 2.20. The van der Waals surface area contributed by atoms with Crippen molar-refractivity contribution >= 4 is 44.5 Å². The van der Waals surface area contributed by atoms with E-state index in [4.69, 9.17) is 23.8 Å². The topological polar surface area (TPSA) is 58.2 Å². The minimum Gasteiger partial charge on any atom is -0.356 e. The molecule has 1 unspecified atom stereocenters. The number of sulfone groups is 1. The van der Waals surface area contributed by atoms with E-state index in [2.05, 4.69) is 10.6 Å². The second-order valence-electron chi connectivity index (χ2n) is 4.99.